The second kappa shape index (κ2) is 35.3. The molecule has 0 unspecified atom stereocenters. The van der Waals surface area contributed by atoms with Gasteiger partial charge in [0.15, 0.2) is 0 Å². The number of para-hydroxylation sites is 2. The van der Waals surface area contributed by atoms with Gasteiger partial charge in [-0.2, -0.15) is 0 Å². The Morgan fingerprint density at radius 2 is 0.680 bits per heavy atom. The van der Waals surface area contributed by atoms with Crippen LogP contribution >= 0.6 is 18.1 Å². The van der Waals surface area contributed by atoms with Crippen LogP contribution in [0, 0.1) is 5.16 Å². The Hall–Kier alpha value is -15.4. The van der Waals surface area contributed by atoms with E-state index in [1.807, 2.05) is 42.1 Å². The Labute approximate surface area is 751 Å². The predicted octanol–water partition coefficient (Wildman–Crippen LogP) is 32.0. The molecule has 5 heterocycles. The molecule has 19 aromatic carbocycles. The number of fused-ring (bicyclic) bond motifs is 17. The van der Waals surface area contributed by atoms with Gasteiger partial charge < -0.3 is 14.6 Å². The molecule has 600 valence electrons. The number of nitrogens with zero attached hydrogens (tertiary/aromatic N) is 6. The Kier molecular flexibility index (Phi) is 22.4. The van der Waals surface area contributed by atoms with Crippen molar-refractivity contribution in [3.8, 4) is 83.7 Å². The average molecular weight is 1670 g/mol. The lowest BCUT2D eigenvalue weighted by atomic mass is 9.97. The highest BCUT2D eigenvalue weighted by atomic mass is 32.1. The number of benzene rings is 19. The number of hydrogen-bond donors (Lipinski definition) is 1. The summed E-state index contributed by atoms with van der Waals surface area (Å²) in [5.41, 5.74) is 27.1. The fraction of sp³-hybridized carbons (Fsp3) is 0.0172. The van der Waals surface area contributed by atoms with Gasteiger partial charge in [-0.25, -0.2) is 4.98 Å². The van der Waals surface area contributed by atoms with Gasteiger partial charge in [-0.15, -0.1) is 18.1 Å². The zero-order valence-electron chi connectivity index (χ0n) is 69.2. The molecule has 24 rings (SSSR count). The summed E-state index contributed by atoms with van der Waals surface area (Å²) in [6.45, 7) is -2.37. The van der Waals surface area contributed by atoms with Crippen molar-refractivity contribution in [2.45, 2.75) is 7.43 Å². The number of thiophene rings is 1. The van der Waals surface area contributed by atoms with Gasteiger partial charge in [0.2, 0.25) is 0 Å². The van der Waals surface area contributed by atoms with Crippen molar-refractivity contribution in [1.82, 2.24) is 24.5 Å². The largest absolute Gasteiger partial charge is 0.339 e. The van der Waals surface area contributed by atoms with Crippen molar-refractivity contribution in [3.05, 3.63) is 449 Å². The van der Waals surface area contributed by atoms with Gasteiger partial charge in [0, 0.05) is 93.2 Å². The third-order valence-corrected chi connectivity index (χ3v) is 25.8. The molecule has 0 spiro atoms. The molecule has 1 N–H and O–H groups in total. The van der Waals surface area contributed by atoms with E-state index in [0.29, 0.717) is 0 Å². The molecule has 0 fully saturated rings. The highest BCUT2D eigenvalue weighted by Gasteiger charge is 2.21. The molecule has 0 saturated carbocycles. The minimum atomic E-state index is -2.37. The van der Waals surface area contributed by atoms with Crippen LogP contribution in [-0.2, 0) is 0 Å². The first-order valence-corrected chi connectivity index (χ1v) is 45.4. The van der Waals surface area contributed by atoms with Crippen LogP contribution in [0.5, 0.6) is 0 Å². The highest BCUT2D eigenvalue weighted by Crippen LogP contribution is 2.45. The number of pyridine rings is 2. The predicted molar refractivity (Wildman–Crippen MR) is 552 cm³/mol. The SMILES string of the molecule is C.[B]CP([B])([B])=N.c1cc(-c2cnc3c4ccccc4c4ccccc4c3n2)cc(-c2cccc3c2sc2ccccc23)c1.c1ccc(-c2ccnc3c2ccc2c(-c4ccccc4)ccnc23)cc1.c1ccc(-n2c3ccccc3c3cc(-c4ccc(N(c5ccc(-c6cccc7ccccc67)cc5)c5ccc(-c6cccc7ccccc67)cc5)cc4)ccc32)cc1. The molecule has 7 nitrogen and oxygen atoms in total. The van der Waals surface area contributed by atoms with E-state index in [4.69, 9.17) is 38.1 Å². The molecule has 6 radical (unpaired) electrons. The Bertz CT molecular complexity index is 8050. The van der Waals surface area contributed by atoms with Crippen molar-refractivity contribution in [2.75, 3.05) is 11.0 Å². The zero-order chi connectivity index (χ0) is 85.3. The van der Waals surface area contributed by atoms with Crippen LogP contribution in [0.2, 0.25) is 0 Å². The standard InChI is InChI=1S/C56H38N2.C34H20N2S.C24H16N2.CH3B3NP.CH4/c1-2-16-45(17-3-1)58-55-23-9-8-20-53(55)54-38-44(30-37-56(54)58)39-24-31-46(32-25-39)57(47-33-26-42(27-34-47)51-21-10-14-40-12-4-6-18-49(40)51)48-35-28-43(29-36-48)52-22-11-15-41-13-5-7-19-50(41)52;1-3-14-27-24(11-1)25-12-2-4-15-28(25)33-32(27)35-20-30(36-33)22-10-7-9-21(19-22)23-16-8-17-29-26-13-5-6-18-31(26)37-34(23)29;1-3-7-17(8-4-1)19-13-15-25-23-21(19)11-12-22-20(14-16-26-24(22)23)18-9-5-2-6-10-18;2-1-6(3,4)5;/h1-38H;1-20H;1-16H;5H,1H2;1H4. The molecule has 0 saturated heterocycles. The van der Waals surface area contributed by atoms with E-state index in [-0.39, 0.29) is 13.5 Å². The van der Waals surface area contributed by atoms with Crippen LogP contribution in [0.1, 0.15) is 7.43 Å². The maximum absolute atomic E-state index is 6.72. The van der Waals surface area contributed by atoms with Gasteiger partial charge in [-0.3, -0.25) is 15.0 Å². The van der Waals surface area contributed by atoms with E-state index < -0.39 is 6.81 Å². The topological polar surface area (TPSA) is 83.6 Å². The first-order valence-electron chi connectivity index (χ1n) is 42.5. The molecule has 0 aliphatic carbocycles. The molecule has 24 aromatic rings. The second-order valence-electron chi connectivity index (χ2n) is 31.8. The van der Waals surface area contributed by atoms with E-state index in [1.165, 1.54) is 147 Å². The van der Waals surface area contributed by atoms with Crippen LogP contribution in [0.15, 0.2) is 449 Å². The van der Waals surface area contributed by atoms with E-state index in [0.717, 1.165) is 71.9 Å². The lowest BCUT2D eigenvalue weighted by Gasteiger charge is -2.26. The van der Waals surface area contributed by atoms with Crippen LogP contribution < -0.4 is 4.90 Å². The lowest BCUT2D eigenvalue weighted by molar-refractivity contribution is 1.18. The summed E-state index contributed by atoms with van der Waals surface area (Å²) in [4.78, 5) is 21.8. The van der Waals surface area contributed by atoms with E-state index in [9.17, 15) is 0 Å². The third-order valence-electron chi connectivity index (χ3n) is 24.0. The van der Waals surface area contributed by atoms with Gasteiger partial charge in [0.1, 0.15) is 15.1 Å². The first-order chi connectivity index (χ1) is 62.6. The normalized spacial score (nSPS) is 11.4. The fourth-order valence-electron chi connectivity index (χ4n) is 17.9. The van der Waals surface area contributed by atoms with E-state index >= 15 is 0 Å². The molecule has 5 aromatic heterocycles. The number of aromatic nitrogens is 5. The molecule has 0 atom stereocenters. The van der Waals surface area contributed by atoms with Gasteiger partial charge in [0.05, 0.1) is 52.8 Å². The van der Waals surface area contributed by atoms with E-state index in [1.54, 1.807) is 0 Å². The summed E-state index contributed by atoms with van der Waals surface area (Å²) in [5.74, 6) is 0. The third kappa shape index (κ3) is 15.7. The lowest BCUT2D eigenvalue weighted by Crippen LogP contribution is -2.09. The molecule has 0 amide bonds. The fourth-order valence-corrected chi connectivity index (χ4v) is 19.2. The molecule has 0 aliphatic rings. The van der Waals surface area contributed by atoms with Crippen molar-refractivity contribution < 1.29 is 0 Å². The molecule has 0 aliphatic heterocycles. The van der Waals surface area contributed by atoms with E-state index in [2.05, 4.69) is 438 Å². The average Bonchev–Trinajstić information content (AvgIpc) is 1.51. The van der Waals surface area contributed by atoms with Crippen LogP contribution in [0.4, 0.5) is 17.1 Å². The van der Waals surface area contributed by atoms with Crippen LogP contribution in [-0.4, -0.2) is 53.5 Å². The van der Waals surface area contributed by atoms with Crippen molar-refractivity contribution in [3.63, 3.8) is 0 Å². The molecule has 12 heteroatoms. The summed E-state index contributed by atoms with van der Waals surface area (Å²) in [6.07, 6.45) is 5.67. The quantitative estimate of drug-likeness (QED) is 0.0749. The summed E-state index contributed by atoms with van der Waals surface area (Å²) in [7, 11) is 14.8. The van der Waals surface area contributed by atoms with Gasteiger partial charge in [-0.05, 0) is 190 Å². The summed E-state index contributed by atoms with van der Waals surface area (Å²) in [6, 6.07) is 154. The minimum absolute atomic E-state index is 0. The molecule has 0 bridgehead atoms. The van der Waals surface area contributed by atoms with Crippen LogP contribution in [0.3, 0.4) is 0 Å². The Morgan fingerprint density at radius 1 is 0.289 bits per heavy atom. The van der Waals surface area contributed by atoms with Crippen LogP contribution in [0.25, 0.3) is 202 Å². The van der Waals surface area contributed by atoms with Gasteiger partial charge >= 0.3 is 0 Å². The van der Waals surface area contributed by atoms with Crippen molar-refractivity contribution >= 4 is 176 Å². The smallest absolute Gasteiger partial charge is 0.119 e. The molecular weight excluding hydrogens is 1590 g/mol. The first kappa shape index (κ1) is 81.0. The number of anilines is 3. The molecule has 128 heavy (non-hydrogen) atoms. The van der Waals surface area contributed by atoms with Gasteiger partial charge in [0.25, 0.3) is 0 Å². The number of hydrogen-bond acceptors (Lipinski definition) is 7. The number of nitrogens with one attached hydrogen (secondary N) is 1. The molecular formula is C116H81B3N7PS. The minimum Gasteiger partial charge on any atom is -0.339 e. The highest BCUT2D eigenvalue weighted by molar-refractivity contribution is 8.07. The van der Waals surface area contributed by atoms with Crippen molar-refractivity contribution in [1.29, 1.82) is 5.16 Å². The van der Waals surface area contributed by atoms with Gasteiger partial charge in [-0.1, -0.05) is 353 Å². The Balaban J connectivity index is 0.000000125. The Morgan fingerprint density at radius 3 is 1.24 bits per heavy atom. The van der Waals surface area contributed by atoms with Crippen molar-refractivity contribution in [2.24, 2.45) is 0 Å². The zero-order valence-corrected chi connectivity index (χ0v) is 70.9. The summed E-state index contributed by atoms with van der Waals surface area (Å²) in [5, 5.41) is 23.8. The summed E-state index contributed by atoms with van der Waals surface area (Å²) >= 11 is 1.86. The monoisotopic (exact) mass is 1670 g/mol. The number of rotatable bonds is 12. The second-order valence-corrected chi connectivity index (χ2v) is 35.1. The maximum atomic E-state index is 6.72. The maximum Gasteiger partial charge on any atom is 0.119 e. The summed E-state index contributed by atoms with van der Waals surface area (Å²) < 4.78 is 5.01.